The number of carbonyl (C=O) groups is 4. The molecule has 8 heteroatoms. The Kier molecular flexibility index (Phi) is 4.20. The summed E-state index contributed by atoms with van der Waals surface area (Å²) in [5, 5.41) is 2.61. The van der Waals surface area contributed by atoms with Gasteiger partial charge in [-0.1, -0.05) is 29.8 Å². The molecule has 132 valence electrons. The van der Waals surface area contributed by atoms with Gasteiger partial charge in [0.1, 0.15) is 12.1 Å². The van der Waals surface area contributed by atoms with E-state index < -0.39 is 42.1 Å². The summed E-state index contributed by atoms with van der Waals surface area (Å²) in [7, 11) is 0. The number of esters is 2. The molecule has 0 bridgehead atoms. The molecule has 8 nitrogen and oxygen atoms in total. The van der Waals surface area contributed by atoms with Gasteiger partial charge in [-0.3, -0.25) is 14.5 Å². The number of hydrogen-bond acceptors (Lipinski definition) is 6. The summed E-state index contributed by atoms with van der Waals surface area (Å²) in [6.07, 6.45) is -0.706. The molecule has 0 unspecified atom stereocenters. The predicted octanol–water partition coefficient (Wildman–Crippen LogP) is 0.621. The summed E-state index contributed by atoms with van der Waals surface area (Å²) in [5.41, 5.74) is 0.386. The molecule has 1 aromatic rings. The van der Waals surface area contributed by atoms with Crippen LogP contribution >= 0.6 is 0 Å². The van der Waals surface area contributed by atoms with Crippen molar-refractivity contribution in [2.45, 2.75) is 31.9 Å². The van der Waals surface area contributed by atoms with Crippen LogP contribution in [-0.4, -0.2) is 48.0 Å². The number of nitrogens with zero attached hydrogens (tertiary/aromatic N) is 1. The second-order valence-electron chi connectivity index (χ2n) is 6.25. The van der Waals surface area contributed by atoms with Gasteiger partial charge in [0.05, 0.1) is 6.61 Å². The number of imide groups is 1. The quantitative estimate of drug-likeness (QED) is 0.633. The molecule has 2 aliphatic rings. The number of hydrogen-bond donors (Lipinski definition) is 1. The van der Waals surface area contributed by atoms with Crippen LogP contribution < -0.4 is 5.32 Å². The van der Waals surface area contributed by atoms with Crippen molar-refractivity contribution in [2.75, 3.05) is 13.2 Å². The third kappa shape index (κ3) is 3.07. The number of nitrogens with one attached hydrogen (secondary N) is 1. The van der Waals surface area contributed by atoms with Crippen molar-refractivity contribution in [3.63, 3.8) is 0 Å². The number of amides is 3. The highest BCUT2D eigenvalue weighted by Crippen LogP contribution is 2.29. The van der Waals surface area contributed by atoms with E-state index in [4.69, 9.17) is 9.47 Å². The SMILES string of the molecule is Cc1ccc([C@]2(C)NC(=O)N(CC(=O)O[C@@H]3CCOC3=O)C2=O)cc1. The molecular formula is C17H18N2O6. The third-order valence-corrected chi connectivity index (χ3v) is 4.35. The molecule has 3 amide bonds. The van der Waals surface area contributed by atoms with Gasteiger partial charge in [-0.15, -0.1) is 0 Å². The van der Waals surface area contributed by atoms with E-state index in [9.17, 15) is 19.2 Å². The van der Waals surface area contributed by atoms with Crippen LogP contribution in [-0.2, 0) is 29.4 Å². The van der Waals surface area contributed by atoms with E-state index in [-0.39, 0.29) is 13.0 Å². The Balaban J connectivity index is 1.71. The number of aryl methyl sites for hydroxylation is 1. The van der Waals surface area contributed by atoms with E-state index in [0.717, 1.165) is 10.5 Å². The number of ether oxygens (including phenoxy) is 2. The van der Waals surface area contributed by atoms with Gasteiger partial charge in [-0.2, -0.15) is 0 Å². The zero-order chi connectivity index (χ0) is 18.2. The van der Waals surface area contributed by atoms with Crippen LogP contribution in [0.2, 0.25) is 0 Å². The molecule has 3 rings (SSSR count). The van der Waals surface area contributed by atoms with Crippen molar-refractivity contribution in [2.24, 2.45) is 0 Å². The molecule has 0 saturated carbocycles. The van der Waals surface area contributed by atoms with Gasteiger partial charge >= 0.3 is 18.0 Å². The highest BCUT2D eigenvalue weighted by atomic mass is 16.6. The van der Waals surface area contributed by atoms with Crippen molar-refractivity contribution in [3.05, 3.63) is 35.4 Å². The van der Waals surface area contributed by atoms with E-state index in [2.05, 4.69) is 5.32 Å². The van der Waals surface area contributed by atoms with E-state index in [0.29, 0.717) is 5.56 Å². The van der Waals surface area contributed by atoms with Crippen molar-refractivity contribution in [1.82, 2.24) is 10.2 Å². The van der Waals surface area contributed by atoms with Crippen molar-refractivity contribution >= 4 is 23.9 Å². The van der Waals surface area contributed by atoms with E-state index in [1.807, 2.05) is 19.1 Å². The topological polar surface area (TPSA) is 102 Å². The van der Waals surface area contributed by atoms with Gasteiger partial charge in [0, 0.05) is 6.42 Å². The van der Waals surface area contributed by atoms with Crippen LogP contribution in [0.5, 0.6) is 0 Å². The molecular weight excluding hydrogens is 328 g/mol. The maximum absolute atomic E-state index is 12.7. The highest BCUT2D eigenvalue weighted by molar-refractivity contribution is 6.08. The average molecular weight is 346 g/mol. The maximum atomic E-state index is 12.7. The van der Waals surface area contributed by atoms with E-state index in [1.54, 1.807) is 19.1 Å². The Labute approximate surface area is 144 Å². The lowest BCUT2D eigenvalue weighted by atomic mass is 9.91. The van der Waals surface area contributed by atoms with Crippen molar-refractivity contribution in [1.29, 1.82) is 0 Å². The lowest BCUT2D eigenvalue weighted by Gasteiger charge is -2.22. The lowest BCUT2D eigenvalue weighted by Crippen LogP contribution is -2.42. The first-order chi connectivity index (χ1) is 11.8. The summed E-state index contributed by atoms with van der Waals surface area (Å²) < 4.78 is 9.69. The zero-order valence-corrected chi connectivity index (χ0v) is 13.9. The fourth-order valence-electron chi connectivity index (χ4n) is 2.83. The first-order valence-electron chi connectivity index (χ1n) is 7.88. The Morgan fingerprint density at radius 3 is 2.60 bits per heavy atom. The zero-order valence-electron chi connectivity index (χ0n) is 13.9. The maximum Gasteiger partial charge on any atom is 0.347 e. The summed E-state index contributed by atoms with van der Waals surface area (Å²) in [5.74, 6) is -2.00. The number of urea groups is 1. The minimum absolute atomic E-state index is 0.186. The molecule has 1 N–H and O–H groups in total. The number of benzene rings is 1. The first kappa shape index (κ1) is 16.9. The summed E-state index contributed by atoms with van der Waals surface area (Å²) in [4.78, 5) is 49.0. The summed E-state index contributed by atoms with van der Waals surface area (Å²) >= 11 is 0. The fraction of sp³-hybridized carbons (Fsp3) is 0.412. The molecule has 2 fully saturated rings. The second-order valence-corrected chi connectivity index (χ2v) is 6.25. The van der Waals surface area contributed by atoms with Gasteiger partial charge in [0.15, 0.2) is 0 Å². The molecule has 0 aliphatic carbocycles. The monoisotopic (exact) mass is 346 g/mol. The van der Waals surface area contributed by atoms with Gasteiger partial charge in [-0.05, 0) is 19.4 Å². The Morgan fingerprint density at radius 1 is 1.32 bits per heavy atom. The second kappa shape index (κ2) is 6.19. The number of cyclic esters (lactones) is 1. The Hall–Kier alpha value is -2.90. The molecule has 0 aromatic heterocycles. The first-order valence-corrected chi connectivity index (χ1v) is 7.88. The van der Waals surface area contributed by atoms with Gasteiger partial charge in [0.25, 0.3) is 5.91 Å². The Morgan fingerprint density at radius 2 is 2.00 bits per heavy atom. The number of rotatable bonds is 4. The molecule has 0 radical (unpaired) electrons. The van der Waals surface area contributed by atoms with Crippen LogP contribution in [0.3, 0.4) is 0 Å². The van der Waals surface area contributed by atoms with Gasteiger partial charge in [-0.25, -0.2) is 9.59 Å². The molecule has 0 spiro atoms. The van der Waals surface area contributed by atoms with E-state index >= 15 is 0 Å². The molecule has 1 aromatic carbocycles. The number of carbonyl (C=O) groups excluding carboxylic acids is 4. The van der Waals surface area contributed by atoms with Crippen LogP contribution in [0.15, 0.2) is 24.3 Å². The summed E-state index contributed by atoms with van der Waals surface area (Å²) in [6.45, 7) is 3.12. The highest BCUT2D eigenvalue weighted by Gasteiger charge is 2.49. The smallest absolute Gasteiger partial charge is 0.347 e. The summed E-state index contributed by atoms with van der Waals surface area (Å²) in [6, 6.07) is 6.50. The van der Waals surface area contributed by atoms with Crippen LogP contribution in [0.4, 0.5) is 4.79 Å². The molecule has 2 heterocycles. The third-order valence-electron chi connectivity index (χ3n) is 4.35. The van der Waals surface area contributed by atoms with Crippen LogP contribution in [0, 0.1) is 6.92 Å². The normalized spacial score (nSPS) is 25.8. The van der Waals surface area contributed by atoms with Crippen LogP contribution in [0.1, 0.15) is 24.5 Å². The van der Waals surface area contributed by atoms with Crippen LogP contribution in [0.25, 0.3) is 0 Å². The largest absolute Gasteiger partial charge is 0.463 e. The minimum Gasteiger partial charge on any atom is -0.463 e. The minimum atomic E-state index is -1.25. The predicted molar refractivity (Wildman–Crippen MR) is 84.2 cm³/mol. The molecule has 2 saturated heterocycles. The van der Waals surface area contributed by atoms with Gasteiger partial charge in [0.2, 0.25) is 6.10 Å². The lowest BCUT2D eigenvalue weighted by molar-refractivity contribution is -0.161. The fourth-order valence-corrected chi connectivity index (χ4v) is 2.83. The standard InChI is InChI=1S/C17H18N2O6/c1-10-3-5-11(6-4-10)17(2)15(22)19(16(23)18-17)9-13(20)25-12-7-8-24-14(12)21/h3-6,12H,7-9H2,1-2H3,(H,18,23)/t12-,17+/m1/s1. The molecule has 2 aliphatic heterocycles. The van der Waals surface area contributed by atoms with Crippen molar-refractivity contribution < 1.29 is 28.7 Å². The molecule has 2 atom stereocenters. The average Bonchev–Trinajstić information content (AvgIpc) is 3.05. The van der Waals surface area contributed by atoms with Gasteiger partial charge < -0.3 is 14.8 Å². The van der Waals surface area contributed by atoms with Crippen molar-refractivity contribution in [3.8, 4) is 0 Å². The molecule has 25 heavy (non-hydrogen) atoms. The van der Waals surface area contributed by atoms with E-state index in [1.165, 1.54) is 0 Å². The Bertz CT molecular complexity index is 744.